The number of likely N-dealkylation sites (N-methyl/N-ethyl adjacent to an activating group) is 1. The number of hydrogen-bond donors (Lipinski definition) is 2. The third kappa shape index (κ3) is 6.57. The molecule has 11 heteroatoms. The minimum Gasteiger partial charge on any atom is -0.377 e. The molecule has 3 heterocycles. The van der Waals surface area contributed by atoms with Crippen molar-refractivity contribution in [1.82, 2.24) is 25.0 Å². The molecule has 0 spiro atoms. The number of aryl methyl sites for hydroxylation is 1. The van der Waals surface area contributed by atoms with Crippen LogP contribution in [0.2, 0.25) is 0 Å². The van der Waals surface area contributed by atoms with Crippen molar-refractivity contribution in [2.45, 2.75) is 75.7 Å². The summed E-state index contributed by atoms with van der Waals surface area (Å²) >= 11 is 0. The van der Waals surface area contributed by atoms with E-state index < -0.39 is 11.7 Å². The molecule has 2 atom stereocenters. The number of anilines is 1. The van der Waals surface area contributed by atoms with Gasteiger partial charge in [0.25, 0.3) is 5.91 Å². The normalized spacial score (nSPS) is 22.0. The number of carbonyl (C=O) groups is 1. The number of carbonyl (C=O) groups excluding carboxylic acids is 1. The Kier molecular flexibility index (Phi) is 8.11. The maximum Gasteiger partial charge on any atom is 0.417 e. The van der Waals surface area contributed by atoms with Gasteiger partial charge < -0.3 is 20.3 Å². The Morgan fingerprint density at radius 1 is 1.19 bits per heavy atom. The van der Waals surface area contributed by atoms with Gasteiger partial charge in [0.1, 0.15) is 0 Å². The first kappa shape index (κ1) is 31.0. The molecule has 1 aromatic carbocycles. The molecule has 1 saturated carbocycles. The number of rotatable bonds is 10. The van der Waals surface area contributed by atoms with E-state index in [-0.39, 0.29) is 28.3 Å². The van der Waals surface area contributed by atoms with Crippen LogP contribution in [0, 0.1) is 0 Å². The van der Waals surface area contributed by atoms with E-state index in [1.807, 2.05) is 47.0 Å². The lowest BCUT2D eigenvalue weighted by Gasteiger charge is -2.31. The second-order valence-electron chi connectivity index (χ2n) is 13.3. The zero-order valence-electron chi connectivity index (χ0n) is 25.6. The molecule has 5 rings (SSSR count). The lowest BCUT2D eigenvalue weighted by atomic mass is 9.95. The second kappa shape index (κ2) is 11.2. The predicted molar refractivity (Wildman–Crippen MR) is 162 cm³/mol. The van der Waals surface area contributed by atoms with Crippen molar-refractivity contribution in [3.63, 3.8) is 0 Å². The molecule has 2 aromatic heterocycles. The molecule has 3 aromatic rings. The van der Waals surface area contributed by atoms with Crippen molar-refractivity contribution in [3.8, 4) is 0 Å². The highest BCUT2D eigenvalue weighted by atomic mass is 19.4. The summed E-state index contributed by atoms with van der Waals surface area (Å²) < 4.78 is 49.7. The number of aromatic nitrogens is 3. The summed E-state index contributed by atoms with van der Waals surface area (Å²) in [6.07, 6.45) is 2.17. The monoisotopic (exact) mass is 598 g/mol. The lowest BCUT2D eigenvalue weighted by molar-refractivity contribution is -0.0688. The second-order valence-corrected chi connectivity index (χ2v) is 13.3. The molecule has 2 unspecified atom stereocenters. The van der Waals surface area contributed by atoms with Crippen LogP contribution < -0.4 is 10.6 Å². The van der Waals surface area contributed by atoms with Crippen LogP contribution in [0.15, 0.2) is 43.2 Å². The molecular formula is C32H41F3N6O2. The third-order valence-corrected chi connectivity index (χ3v) is 8.36. The van der Waals surface area contributed by atoms with Gasteiger partial charge in [-0.15, -0.1) is 0 Å². The van der Waals surface area contributed by atoms with Gasteiger partial charge in [-0.05, 0) is 72.7 Å². The molecule has 232 valence electrons. The SMILES string of the molecule is C=C(c1nc(CCCNC(=O)c2cnn(C(C)(C)C)c2)cc2c(NC34CCC(CN(C)C)(C3)OC4)cccc12)C(F)(F)F. The lowest BCUT2D eigenvalue weighted by Crippen LogP contribution is -2.39. The Morgan fingerprint density at radius 2 is 1.95 bits per heavy atom. The summed E-state index contributed by atoms with van der Waals surface area (Å²) in [6, 6.07) is 7.18. The fourth-order valence-corrected chi connectivity index (χ4v) is 6.30. The van der Waals surface area contributed by atoms with Crippen LogP contribution in [0.4, 0.5) is 18.9 Å². The molecule has 0 radical (unpaired) electrons. The van der Waals surface area contributed by atoms with Crippen LogP contribution in [-0.4, -0.2) is 76.7 Å². The van der Waals surface area contributed by atoms with Gasteiger partial charge in [-0.2, -0.15) is 18.3 Å². The zero-order chi connectivity index (χ0) is 31.2. The highest BCUT2D eigenvalue weighted by Gasteiger charge is 2.56. The van der Waals surface area contributed by atoms with Crippen LogP contribution >= 0.6 is 0 Å². The number of ether oxygens (including phenoxy) is 1. The van der Waals surface area contributed by atoms with Gasteiger partial charge in [0.05, 0.1) is 46.3 Å². The van der Waals surface area contributed by atoms with Gasteiger partial charge >= 0.3 is 6.18 Å². The van der Waals surface area contributed by atoms with Gasteiger partial charge in [0.2, 0.25) is 0 Å². The van der Waals surface area contributed by atoms with E-state index in [1.54, 1.807) is 23.0 Å². The first-order valence-corrected chi connectivity index (χ1v) is 14.7. The Hall–Kier alpha value is -3.44. The fourth-order valence-electron chi connectivity index (χ4n) is 6.30. The molecule has 43 heavy (non-hydrogen) atoms. The number of pyridine rings is 1. The van der Waals surface area contributed by atoms with Crippen molar-refractivity contribution in [3.05, 3.63) is 60.2 Å². The van der Waals surface area contributed by atoms with Crippen molar-refractivity contribution < 1.29 is 22.7 Å². The maximum atomic E-state index is 13.9. The van der Waals surface area contributed by atoms with Crippen molar-refractivity contribution in [2.24, 2.45) is 0 Å². The quantitative estimate of drug-likeness (QED) is 0.288. The van der Waals surface area contributed by atoms with Crippen LogP contribution in [0.5, 0.6) is 0 Å². The largest absolute Gasteiger partial charge is 0.417 e. The number of hydrogen-bond acceptors (Lipinski definition) is 6. The molecule has 2 bridgehead atoms. The Bertz CT molecular complexity index is 1510. The minimum atomic E-state index is -4.62. The summed E-state index contributed by atoms with van der Waals surface area (Å²) in [5.74, 6) is -0.250. The average molecular weight is 599 g/mol. The topological polar surface area (TPSA) is 84.3 Å². The number of nitrogens with zero attached hydrogens (tertiary/aromatic N) is 4. The summed E-state index contributed by atoms with van der Waals surface area (Å²) in [5.41, 5.74) is -0.166. The molecule has 8 nitrogen and oxygen atoms in total. The molecule has 1 aliphatic carbocycles. The van der Waals surface area contributed by atoms with E-state index >= 15 is 0 Å². The fraction of sp³-hybridized carbons (Fsp3) is 0.531. The molecule has 2 N–H and O–H groups in total. The van der Waals surface area contributed by atoms with Crippen LogP contribution in [0.1, 0.15) is 68.2 Å². The number of alkyl halides is 3. The van der Waals surface area contributed by atoms with Crippen molar-refractivity contribution >= 4 is 27.9 Å². The van der Waals surface area contributed by atoms with Gasteiger partial charge in [0, 0.05) is 47.9 Å². The van der Waals surface area contributed by atoms with E-state index in [1.165, 1.54) is 6.20 Å². The number of fused-ring (bicyclic) bond motifs is 3. The molecule has 1 saturated heterocycles. The van der Waals surface area contributed by atoms with E-state index in [9.17, 15) is 18.0 Å². The Labute approximate surface area is 250 Å². The van der Waals surface area contributed by atoms with E-state index in [4.69, 9.17) is 4.74 Å². The highest BCUT2D eigenvalue weighted by Crippen LogP contribution is 2.49. The van der Waals surface area contributed by atoms with Crippen LogP contribution in [-0.2, 0) is 16.7 Å². The average Bonchev–Trinajstić information content (AvgIpc) is 3.64. The first-order valence-electron chi connectivity index (χ1n) is 14.7. The zero-order valence-corrected chi connectivity index (χ0v) is 25.6. The van der Waals surface area contributed by atoms with Crippen molar-refractivity contribution in [1.29, 1.82) is 0 Å². The molecule has 1 aliphatic heterocycles. The Balaban J connectivity index is 1.36. The summed E-state index contributed by atoms with van der Waals surface area (Å²) in [4.78, 5) is 19.2. The molecule has 2 aliphatic rings. The molecular weight excluding hydrogens is 557 g/mol. The standard InChI is InChI=1S/C32H41F3N6O2/c1-21(32(33,34)35)27-24-10-7-11-26(39-30-12-13-31(18-30,43-20-30)19-40(5)6)25(24)15-23(38-27)9-8-14-36-28(42)22-16-37-41(17-22)29(2,3)4/h7,10-11,15-17,39H,1,8-9,12-14,18-20H2,2-6H3,(H,36,42). The summed E-state index contributed by atoms with van der Waals surface area (Å²) in [5, 5.41) is 11.9. The van der Waals surface area contributed by atoms with Crippen LogP contribution in [0.25, 0.3) is 16.3 Å². The van der Waals surface area contributed by atoms with Gasteiger partial charge in [-0.1, -0.05) is 18.7 Å². The summed E-state index contributed by atoms with van der Waals surface area (Å²) in [7, 11) is 4.06. The molecule has 2 fully saturated rings. The number of amides is 1. The number of halogens is 3. The predicted octanol–water partition coefficient (Wildman–Crippen LogP) is 5.79. The van der Waals surface area contributed by atoms with Gasteiger partial charge in [-0.3, -0.25) is 14.5 Å². The van der Waals surface area contributed by atoms with E-state index in [2.05, 4.69) is 32.2 Å². The molecule has 1 amide bonds. The van der Waals surface area contributed by atoms with Gasteiger partial charge in [-0.25, -0.2) is 0 Å². The first-order chi connectivity index (χ1) is 20.1. The highest BCUT2D eigenvalue weighted by molar-refractivity contribution is 6.00. The summed E-state index contributed by atoms with van der Waals surface area (Å²) in [6.45, 7) is 11.1. The van der Waals surface area contributed by atoms with Crippen molar-refractivity contribution in [2.75, 3.05) is 39.1 Å². The Morgan fingerprint density at radius 3 is 2.58 bits per heavy atom. The minimum absolute atomic E-state index is 0.171. The smallest absolute Gasteiger partial charge is 0.377 e. The number of benzene rings is 1. The maximum absolute atomic E-state index is 13.9. The third-order valence-electron chi connectivity index (χ3n) is 8.36. The number of nitrogens with one attached hydrogen (secondary N) is 2. The van der Waals surface area contributed by atoms with Gasteiger partial charge in [0.15, 0.2) is 0 Å². The number of allylic oxidation sites excluding steroid dienone is 1. The van der Waals surface area contributed by atoms with E-state index in [0.29, 0.717) is 48.0 Å². The van der Waals surface area contributed by atoms with E-state index in [0.717, 1.165) is 31.5 Å². The van der Waals surface area contributed by atoms with Crippen LogP contribution in [0.3, 0.4) is 0 Å².